The van der Waals surface area contributed by atoms with E-state index in [-0.39, 0.29) is 12.5 Å². The lowest BCUT2D eigenvalue weighted by Crippen LogP contribution is -2.28. The smallest absolute Gasteiger partial charge is 0.258 e. The van der Waals surface area contributed by atoms with Gasteiger partial charge in [0.25, 0.3) is 5.91 Å². The minimum atomic E-state index is -0.126. The third-order valence-corrected chi connectivity index (χ3v) is 3.07. The predicted octanol–water partition coefficient (Wildman–Crippen LogP) is 2.83. The number of nitrogens with one attached hydrogen (secondary N) is 2. The first-order chi connectivity index (χ1) is 9.65. The molecule has 4 heteroatoms. The molecule has 0 aliphatic carbocycles. The maximum Gasteiger partial charge on any atom is 0.258 e. The second-order valence-electron chi connectivity index (χ2n) is 5.01. The van der Waals surface area contributed by atoms with Crippen LogP contribution in [0.2, 0.25) is 0 Å². The maximum absolute atomic E-state index is 11.6. The minimum absolute atomic E-state index is 0.0332. The Labute approximate surface area is 119 Å². The van der Waals surface area contributed by atoms with E-state index in [4.69, 9.17) is 4.74 Å². The van der Waals surface area contributed by atoms with Gasteiger partial charge in [-0.3, -0.25) is 4.79 Å². The zero-order chi connectivity index (χ0) is 14.4. The van der Waals surface area contributed by atoms with Crippen LogP contribution in [0, 0.1) is 0 Å². The number of carbonyl (C=O) groups excluding carboxylic acids is 1. The van der Waals surface area contributed by atoms with E-state index < -0.39 is 0 Å². The lowest BCUT2D eigenvalue weighted by atomic mass is 10.0. The molecule has 0 saturated carbocycles. The van der Waals surface area contributed by atoms with Gasteiger partial charge < -0.3 is 15.0 Å². The summed E-state index contributed by atoms with van der Waals surface area (Å²) in [5, 5.41) is 2.80. The normalized spacial score (nSPS) is 10.6. The highest BCUT2D eigenvalue weighted by Crippen LogP contribution is 2.18. The lowest BCUT2D eigenvalue weighted by Gasteiger charge is -2.09. The summed E-state index contributed by atoms with van der Waals surface area (Å²) < 4.78 is 5.45. The molecule has 1 amide bonds. The first kappa shape index (κ1) is 14.2. The Hall–Kier alpha value is -2.23. The second kappa shape index (κ2) is 6.80. The number of amides is 1. The summed E-state index contributed by atoms with van der Waals surface area (Å²) in [6.45, 7) is 4.83. The number of aromatic amines is 1. The third-order valence-electron chi connectivity index (χ3n) is 3.07. The van der Waals surface area contributed by atoms with Crippen molar-refractivity contribution in [2.45, 2.75) is 26.3 Å². The Bertz CT molecular complexity index is 530. The quantitative estimate of drug-likeness (QED) is 0.849. The third kappa shape index (κ3) is 4.16. The van der Waals surface area contributed by atoms with Crippen molar-refractivity contribution in [1.29, 1.82) is 0 Å². The molecule has 0 aliphatic heterocycles. The van der Waals surface area contributed by atoms with Crippen LogP contribution in [0.4, 0.5) is 0 Å². The van der Waals surface area contributed by atoms with Gasteiger partial charge in [-0.1, -0.05) is 26.0 Å². The number of aromatic nitrogens is 1. The molecule has 2 aromatic rings. The Morgan fingerprint density at radius 2 is 2.00 bits per heavy atom. The van der Waals surface area contributed by atoms with Gasteiger partial charge in [-0.2, -0.15) is 0 Å². The molecule has 0 atom stereocenters. The molecule has 106 valence electrons. The molecule has 1 aromatic carbocycles. The minimum Gasteiger partial charge on any atom is -0.484 e. The first-order valence-corrected chi connectivity index (χ1v) is 6.76. The first-order valence-electron chi connectivity index (χ1n) is 6.76. The summed E-state index contributed by atoms with van der Waals surface area (Å²) in [6.07, 6.45) is 3.68. The van der Waals surface area contributed by atoms with E-state index in [0.717, 1.165) is 5.56 Å². The molecule has 4 nitrogen and oxygen atoms in total. The molecule has 0 saturated heterocycles. The second-order valence-corrected chi connectivity index (χ2v) is 5.01. The van der Waals surface area contributed by atoms with Gasteiger partial charge in [0.2, 0.25) is 0 Å². The van der Waals surface area contributed by atoms with E-state index in [1.54, 1.807) is 0 Å². The van der Waals surface area contributed by atoms with Gasteiger partial charge in [-0.25, -0.2) is 0 Å². The van der Waals surface area contributed by atoms with E-state index in [2.05, 4.69) is 24.1 Å². The molecule has 2 rings (SSSR count). The highest BCUT2D eigenvalue weighted by molar-refractivity contribution is 5.77. The topological polar surface area (TPSA) is 54.1 Å². The Kier molecular flexibility index (Phi) is 4.82. The lowest BCUT2D eigenvalue weighted by molar-refractivity contribution is -0.123. The summed E-state index contributed by atoms with van der Waals surface area (Å²) in [7, 11) is 0. The van der Waals surface area contributed by atoms with Crippen molar-refractivity contribution in [2.75, 3.05) is 6.61 Å². The fourth-order valence-electron chi connectivity index (χ4n) is 1.82. The SMILES string of the molecule is CC(C)c1ccc(OCC(=O)NCc2cc[nH]c2)cc1. The van der Waals surface area contributed by atoms with E-state index in [1.165, 1.54) is 5.56 Å². The van der Waals surface area contributed by atoms with E-state index in [1.807, 2.05) is 42.7 Å². The molecule has 0 bridgehead atoms. The molecule has 1 aromatic heterocycles. The van der Waals surface area contributed by atoms with Crippen LogP contribution in [-0.2, 0) is 11.3 Å². The van der Waals surface area contributed by atoms with Crippen molar-refractivity contribution >= 4 is 5.91 Å². The Balaban J connectivity index is 1.75. The van der Waals surface area contributed by atoms with Crippen LogP contribution in [0.15, 0.2) is 42.7 Å². The van der Waals surface area contributed by atoms with Gasteiger partial charge in [0.05, 0.1) is 0 Å². The van der Waals surface area contributed by atoms with Gasteiger partial charge in [-0.15, -0.1) is 0 Å². The average molecular weight is 272 g/mol. The molecule has 0 radical (unpaired) electrons. The zero-order valence-electron chi connectivity index (χ0n) is 11.8. The van der Waals surface area contributed by atoms with Crippen LogP contribution in [0.5, 0.6) is 5.75 Å². The van der Waals surface area contributed by atoms with Crippen molar-refractivity contribution in [3.8, 4) is 5.75 Å². The summed E-state index contributed by atoms with van der Waals surface area (Å²) in [4.78, 5) is 14.6. The van der Waals surface area contributed by atoms with Crippen molar-refractivity contribution in [1.82, 2.24) is 10.3 Å². The number of benzene rings is 1. The Morgan fingerprint density at radius 1 is 1.25 bits per heavy atom. The van der Waals surface area contributed by atoms with E-state index in [0.29, 0.717) is 18.2 Å². The van der Waals surface area contributed by atoms with Crippen molar-refractivity contribution in [2.24, 2.45) is 0 Å². The van der Waals surface area contributed by atoms with Gasteiger partial charge in [0.1, 0.15) is 5.75 Å². The number of carbonyl (C=O) groups is 1. The van der Waals surface area contributed by atoms with Crippen LogP contribution in [0.3, 0.4) is 0 Å². The predicted molar refractivity (Wildman–Crippen MR) is 78.7 cm³/mol. The summed E-state index contributed by atoms with van der Waals surface area (Å²) in [5.41, 5.74) is 2.30. The number of H-pyrrole nitrogens is 1. The van der Waals surface area contributed by atoms with E-state index >= 15 is 0 Å². The van der Waals surface area contributed by atoms with Crippen LogP contribution in [-0.4, -0.2) is 17.5 Å². The number of hydrogen-bond acceptors (Lipinski definition) is 2. The number of ether oxygens (including phenoxy) is 1. The standard InChI is InChI=1S/C16H20N2O2/c1-12(2)14-3-5-15(6-4-14)20-11-16(19)18-10-13-7-8-17-9-13/h3-9,12,17H,10-11H2,1-2H3,(H,18,19). The largest absolute Gasteiger partial charge is 0.484 e. The van der Waals surface area contributed by atoms with Gasteiger partial charge in [-0.05, 0) is 35.2 Å². The van der Waals surface area contributed by atoms with Crippen LogP contribution in [0.1, 0.15) is 30.9 Å². The highest BCUT2D eigenvalue weighted by atomic mass is 16.5. The molecule has 1 heterocycles. The van der Waals surface area contributed by atoms with Crippen LogP contribution in [0.25, 0.3) is 0 Å². The van der Waals surface area contributed by atoms with Crippen molar-refractivity contribution < 1.29 is 9.53 Å². The van der Waals surface area contributed by atoms with Crippen LogP contribution < -0.4 is 10.1 Å². The van der Waals surface area contributed by atoms with Gasteiger partial charge in [0.15, 0.2) is 6.61 Å². The monoisotopic (exact) mass is 272 g/mol. The Morgan fingerprint density at radius 3 is 2.60 bits per heavy atom. The molecule has 2 N–H and O–H groups in total. The summed E-state index contributed by atoms with van der Waals surface area (Å²) >= 11 is 0. The average Bonchev–Trinajstić information content (AvgIpc) is 2.96. The van der Waals surface area contributed by atoms with E-state index in [9.17, 15) is 4.79 Å². The number of hydrogen-bond donors (Lipinski definition) is 2. The van der Waals surface area contributed by atoms with Crippen molar-refractivity contribution in [3.63, 3.8) is 0 Å². The molecule has 20 heavy (non-hydrogen) atoms. The van der Waals surface area contributed by atoms with Gasteiger partial charge >= 0.3 is 0 Å². The molecule has 0 aliphatic rings. The fraction of sp³-hybridized carbons (Fsp3) is 0.312. The highest BCUT2D eigenvalue weighted by Gasteiger charge is 2.04. The summed E-state index contributed by atoms with van der Waals surface area (Å²) in [5.74, 6) is 1.08. The molecular weight excluding hydrogens is 252 g/mol. The molecule has 0 spiro atoms. The van der Waals surface area contributed by atoms with Gasteiger partial charge in [0, 0.05) is 18.9 Å². The van der Waals surface area contributed by atoms with Crippen LogP contribution >= 0.6 is 0 Å². The molecular formula is C16H20N2O2. The zero-order valence-corrected chi connectivity index (χ0v) is 11.8. The molecule has 0 fully saturated rings. The molecule has 0 unspecified atom stereocenters. The fourth-order valence-corrected chi connectivity index (χ4v) is 1.82. The van der Waals surface area contributed by atoms with Crippen molar-refractivity contribution in [3.05, 3.63) is 53.9 Å². The maximum atomic E-state index is 11.6. The summed E-state index contributed by atoms with van der Waals surface area (Å²) in [6, 6.07) is 9.77. The number of rotatable bonds is 6.